The van der Waals surface area contributed by atoms with Crippen LogP contribution in [0.2, 0.25) is 0 Å². The van der Waals surface area contributed by atoms with E-state index in [2.05, 4.69) is 20.8 Å². The highest BCUT2D eigenvalue weighted by Gasteiger charge is 2.34. The Bertz CT molecular complexity index is 362. The zero-order valence-electron chi connectivity index (χ0n) is 10.5. The van der Waals surface area contributed by atoms with E-state index in [1.54, 1.807) is 0 Å². The lowest BCUT2D eigenvalue weighted by atomic mass is 9.78. The van der Waals surface area contributed by atoms with Crippen molar-refractivity contribution in [2.45, 2.75) is 58.4 Å². The van der Waals surface area contributed by atoms with E-state index in [1.165, 1.54) is 28.4 Å². The fraction of sp³-hybridized carbons (Fsp3) is 0.769. The Morgan fingerprint density at radius 2 is 2.06 bits per heavy atom. The Morgan fingerprint density at radius 1 is 1.44 bits per heavy atom. The molecule has 0 atom stereocenters. The molecule has 3 heteroatoms. The van der Waals surface area contributed by atoms with Gasteiger partial charge in [0.05, 0.1) is 11.2 Å². The van der Waals surface area contributed by atoms with Gasteiger partial charge in [0.15, 0.2) is 0 Å². The molecule has 0 bridgehead atoms. The van der Waals surface area contributed by atoms with Gasteiger partial charge in [0.25, 0.3) is 0 Å². The molecule has 2 N–H and O–H groups in total. The van der Waals surface area contributed by atoms with Crippen LogP contribution in [0, 0.1) is 12.8 Å². The summed E-state index contributed by atoms with van der Waals surface area (Å²) in [6.45, 7) is 6.65. The summed E-state index contributed by atoms with van der Waals surface area (Å²) in [5.74, 6) is 0.836. The standard InChI is InChI=1S/C13H22N2S/c1-4-11-10(3)16-12(15-11)13(14)7-5-9(2)6-8-13/h9H,4-8,14H2,1-3H3. The monoisotopic (exact) mass is 238 g/mol. The van der Waals surface area contributed by atoms with Crippen LogP contribution in [0.25, 0.3) is 0 Å². The molecule has 0 radical (unpaired) electrons. The lowest BCUT2D eigenvalue weighted by molar-refractivity contribution is 0.247. The van der Waals surface area contributed by atoms with Crippen LogP contribution < -0.4 is 5.73 Å². The molecule has 16 heavy (non-hydrogen) atoms. The number of rotatable bonds is 2. The maximum absolute atomic E-state index is 6.53. The van der Waals surface area contributed by atoms with Crippen LogP contribution in [0.4, 0.5) is 0 Å². The third-order valence-corrected chi connectivity index (χ3v) is 5.05. The summed E-state index contributed by atoms with van der Waals surface area (Å²) < 4.78 is 0. The number of nitrogens with zero attached hydrogens (tertiary/aromatic N) is 1. The minimum atomic E-state index is -0.130. The van der Waals surface area contributed by atoms with Gasteiger partial charge < -0.3 is 5.73 Å². The number of aryl methyl sites for hydroxylation is 2. The van der Waals surface area contributed by atoms with Gasteiger partial charge in [-0.25, -0.2) is 4.98 Å². The first-order chi connectivity index (χ1) is 7.55. The molecule has 0 amide bonds. The van der Waals surface area contributed by atoms with E-state index in [-0.39, 0.29) is 5.54 Å². The van der Waals surface area contributed by atoms with Gasteiger partial charge >= 0.3 is 0 Å². The molecule has 1 fully saturated rings. The van der Waals surface area contributed by atoms with E-state index < -0.39 is 0 Å². The smallest absolute Gasteiger partial charge is 0.113 e. The summed E-state index contributed by atoms with van der Waals surface area (Å²) in [5, 5.41) is 1.17. The third-order valence-electron chi connectivity index (χ3n) is 3.82. The molecule has 2 nitrogen and oxygen atoms in total. The van der Waals surface area contributed by atoms with Crippen LogP contribution in [0.5, 0.6) is 0 Å². The Hall–Kier alpha value is -0.410. The average Bonchev–Trinajstić information content (AvgIpc) is 2.65. The molecule has 1 heterocycles. The summed E-state index contributed by atoms with van der Waals surface area (Å²) in [7, 11) is 0. The van der Waals surface area contributed by atoms with E-state index in [1.807, 2.05) is 11.3 Å². The maximum Gasteiger partial charge on any atom is 0.113 e. The first-order valence-corrected chi connectivity index (χ1v) is 7.12. The van der Waals surface area contributed by atoms with Crippen LogP contribution in [0.3, 0.4) is 0 Å². The minimum absolute atomic E-state index is 0.130. The van der Waals surface area contributed by atoms with Crippen molar-refractivity contribution in [2.24, 2.45) is 11.7 Å². The van der Waals surface area contributed by atoms with E-state index >= 15 is 0 Å². The van der Waals surface area contributed by atoms with Gasteiger partial charge in [-0.1, -0.05) is 13.8 Å². The second-order valence-electron chi connectivity index (χ2n) is 5.21. The van der Waals surface area contributed by atoms with Crippen molar-refractivity contribution in [3.8, 4) is 0 Å². The van der Waals surface area contributed by atoms with Gasteiger partial charge in [-0.05, 0) is 44.9 Å². The minimum Gasteiger partial charge on any atom is -0.319 e. The molecule has 0 unspecified atom stereocenters. The fourth-order valence-corrected chi connectivity index (χ4v) is 3.62. The predicted octanol–water partition coefficient (Wildman–Crippen LogP) is 3.38. The summed E-state index contributed by atoms with van der Waals surface area (Å²) in [5.41, 5.74) is 7.64. The van der Waals surface area contributed by atoms with Gasteiger partial charge in [0, 0.05) is 4.88 Å². The lowest BCUT2D eigenvalue weighted by Crippen LogP contribution is -2.40. The normalized spacial score (nSPS) is 30.6. The van der Waals surface area contributed by atoms with Crippen molar-refractivity contribution >= 4 is 11.3 Å². The number of aromatic nitrogens is 1. The van der Waals surface area contributed by atoms with Crippen LogP contribution in [-0.4, -0.2) is 4.98 Å². The average molecular weight is 238 g/mol. The first-order valence-electron chi connectivity index (χ1n) is 6.31. The number of thiazole rings is 1. The number of nitrogens with two attached hydrogens (primary N) is 1. The molecular formula is C13H22N2S. The van der Waals surface area contributed by atoms with Crippen LogP contribution in [0.1, 0.15) is 55.1 Å². The topological polar surface area (TPSA) is 38.9 Å². The zero-order valence-corrected chi connectivity index (χ0v) is 11.4. The van der Waals surface area contributed by atoms with Gasteiger partial charge in [-0.3, -0.25) is 0 Å². The third kappa shape index (κ3) is 2.16. The second kappa shape index (κ2) is 4.46. The molecular weight excluding hydrogens is 216 g/mol. The van der Waals surface area contributed by atoms with Crippen LogP contribution >= 0.6 is 11.3 Å². The molecule has 1 aliphatic carbocycles. The predicted molar refractivity (Wildman–Crippen MR) is 69.7 cm³/mol. The van der Waals surface area contributed by atoms with E-state index in [0.717, 1.165) is 25.2 Å². The molecule has 0 aliphatic heterocycles. The summed E-state index contributed by atoms with van der Waals surface area (Å²) in [6, 6.07) is 0. The molecule has 0 aromatic carbocycles. The molecule has 1 aromatic heterocycles. The highest BCUT2D eigenvalue weighted by atomic mass is 32.1. The lowest BCUT2D eigenvalue weighted by Gasteiger charge is -2.34. The molecule has 90 valence electrons. The van der Waals surface area contributed by atoms with Crippen molar-refractivity contribution < 1.29 is 0 Å². The fourth-order valence-electron chi connectivity index (χ4n) is 2.46. The molecule has 1 aliphatic rings. The van der Waals surface area contributed by atoms with Gasteiger partial charge in [0.2, 0.25) is 0 Å². The number of hydrogen-bond acceptors (Lipinski definition) is 3. The Labute approximate surface area is 102 Å². The summed E-state index contributed by atoms with van der Waals surface area (Å²) >= 11 is 1.81. The summed E-state index contributed by atoms with van der Waals surface area (Å²) in [4.78, 5) is 6.09. The van der Waals surface area contributed by atoms with E-state index in [4.69, 9.17) is 10.7 Å². The largest absolute Gasteiger partial charge is 0.319 e. The quantitative estimate of drug-likeness (QED) is 0.858. The Morgan fingerprint density at radius 3 is 2.56 bits per heavy atom. The highest BCUT2D eigenvalue weighted by molar-refractivity contribution is 7.11. The first kappa shape index (κ1) is 12.1. The van der Waals surface area contributed by atoms with Crippen molar-refractivity contribution in [1.82, 2.24) is 4.98 Å². The summed E-state index contributed by atoms with van der Waals surface area (Å²) in [6.07, 6.45) is 5.72. The second-order valence-corrected chi connectivity index (χ2v) is 6.42. The molecule has 0 saturated heterocycles. The van der Waals surface area contributed by atoms with Crippen molar-refractivity contribution in [2.75, 3.05) is 0 Å². The van der Waals surface area contributed by atoms with Crippen molar-refractivity contribution in [3.05, 3.63) is 15.6 Å². The van der Waals surface area contributed by atoms with Gasteiger partial charge in [0.1, 0.15) is 5.01 Å². The highest BCUT2D eigenvalue weighted by Crippen LogP contribution is 2.39. The van der Waals surface area contributed by atoms with Crippen molar-refractivity contribution in [3.63, 3.8) is 0 Å². The molecule has 1 saturated carbocycles. The van der Waals surface area contributed by atoms with Crippen LogP contribution in [-0.2, 0) is 12.0 Å². The van der Waals surface area contributed by atoms with Gasteiger partial charge in [-0.15, -0.1) is 11.3 Å². The Balaban J connectivity index is 2.22. The zero-order chi connectivity index (χ0) is 11.8. The van der Waals surface area contributed by atoms with Crippen LogP contribution in [0.15, 0.2) is 0 Å². The van der Waals surface area contributed by atoms with E-state index in [0.29, 0.717) is 0 Å². The number of hydrogen-bond donors (Lipinski definition) is 1. The Kier molecular flexibility index (Phi) is 3.36. The van der Waals surface area contributed by atoms with Crippen molar-refractivity contribution in [1.29, 1.82) is 0 Å². The SMILES string of the molecule is CCc1nc(C2(N)CCC(C)CC2)sc1C. The molecule has 1 aromatic rings. The van der Waals surface area contributed by atoms with Gasteiger partial charge in [-0.2, -0.15) is 0 Å². The maximum atomic E-state index is 6.53. The molecule has 2 rings (SSSR count). The molecule has 0 spiro atoms. The van der Waals surface area contributed by atoms with E-state index in [9.17, 15) is 0 Å².